The number of benzene rings is 1. The number of hydrogen-bond donors (Lipinski definition) is 1. The molecule has 1 heterocycles. The summed E-state index contributed by atoms with van der Waals surface area (Å²) < 4.78 is 19.5. The van der Waals surface area contributed by atoms with E-state index in [9.17, 15) is 4.57 Å². The zero-order valence-electron chi connectivity index (χ0n) is 13.2. The fourth-order valence-electron chi connectivity index (χ4n) is 2.12. The van der Waals surface area contributed by atoms with Crippen molar-refractivity contribution < 1.29 is 9.09 Å². The Bertz CT molecular complexity index is 702. The predicted octanol–water partition coefficient (Wildman–Crippen LogP) is 6.24. The van der Waals surface area contributed by atoms with Crippen molar-refractivity contribution in [1.82, 2.24) is 5.09 Å². The molecular formula is C15H21ClNO2PS2. The minimum Gasteiger partial charge on any atom is -0.310 e. The van der Waals surface area contributed by atoms with Crippen molar-refractivity contribution in [1.29, 1.82) is 0 Å². The van der Waals surface area contributed by atoms with Gasteiger partial charge in [-0.2, -0.15) is 0 Å². The smallest absolute Gasteiger partial charge is 0.310 e. The van der Waals surface area contributed by atoms with Gasteiger partial charge < -0.3 is 4.52 Å². The van der Waals surface area contributed by atoms with Gasteiger partial charge in [0.1, 0.15) is 0 Å². The third kappa shape index (κ3) is 4.50. The summed E-state index contributed by atoms with van der Waals surface area (Å²) in [6.07, 6.45) is 0. The summed E-state index contributed by atoms with van der Waals surface area (Å²) in [5.74, 6) is 0.666. The Morgan fingerprint density at radius 1 is 1.45 bits per heavy atom. The van der Waals surface area contributed by atoms with Crippen LogP contribution in [0, 0.1) is 6.92 Å². The monoisotopic (exact) mass is 377 g/mol. The molecule has 2 rings (SSSR count). The van der Waals surface area contributed by atoms with Gasteiger partial charge in [-0.15, -0.1) is 11.3 Å². The highest BCUT2D eigenvalue weighted by Gasteiger charge is 2.25. The minimum atomic E-state index is -2.87. The van der Waals surface area contributed by atoms with Crippen LogP contribution in [-0.4, -0.2) is 12.6 Å². The maximum atomic E-state index is 12.8. The molecule has 0 aliphatic heterocycles. The Morgan fingerprint density at radius 2 is 2.18 bits per heavy atom. The largest absolute Gasteiger partial charge is 0.327 e. The number of aryl methyl sites for hydroxylation is 1. The molecule has 1 atom stereocenters. The number of halogens is 1. The number of thiophene rings is 1. The van der Waals surface area contributed by atoms with Crippen LogP contribution in [-0.2, 0) is 14.8 Å². The summed E-state index contributed by atoms with van der Waals surface area (Å²) >= 11 is 9.16. The molecule has 0 bridgehead atoms. The molecule has 3 nitrogen and oxygen atoms in total. The normalized spacial score (nSPS) is 14.6. The van der Waals surface area contributed by atoms with Crippen molar-refractivity contribution in [3.63, 3.8) is 0 Å². The minimum absolute atomic E-state index is 0.118. The van der Waals surface area contributed by atoms with Gasteiger partial charge in [0.2, 0.25) is 0 Å². The molecule has 7 heteroatoms. The molecule has 2 aromatic rings. The SMILES string of the molecule is CCO[P@](=O)(NC(C)C)SCc1sc2ccc(Cl)cc2c1C. The lowest BCUT2D eigenvalue weighted by molar-refractivity contribution is 0.335. The Morgan fingerprint density at radius 3 is 2.82 bits per heavy atom. The first-order valence-corrected chi connectivity index (χ1v) is 11.6. The summed E-state index contributed by atoms with van der Waals surface area (Å²) in [5.41, 5.74) is 1.21. The van der Waals surface area contributed by atoms with E-state index in [0.29, 0.717) is 12.4 Å². The van der Waals surface area contributed by atoms with E-state index in [2.05, 4.69) is 12.0 Å². The predicted molar refractivity (Wildman–Crippen MR) is 100 cm³/mol. The molecule has 1 N–H and O–H groups in total. The van der Waals surface area contributed by atoms with Crippen molar-refractivity contribution in [3.05, 3.63) is 33.7 Å². The van der Waals surface area contributed by atoms with E-state index in [0.717, 1.165) is 5.02 Å². The lowest BCUT2D eigenvalue weighted by Gasteiger charge is -2.20. The Hall–Kier alpha value is -0.0300. The third-order valence-electron chi connectivity index (χ3n) is 3.08. The summed E-state index contributed by atoms with van der Waals surface area (Å²) in [4.78, 5) is 1.22. The quantitative estimate of drug-likeness (QED) is 0.579. The average molecular weight is 378 g/mol. The van der Waals surface area contributed by atoms with E-state index in [1.54, 1.807) is 11.3 Å². The first-order chi connectivity index (χ1) is 10.3. The Balaban J connectivity index is 2.19. The van der Waals surface area contributed by atoms with Crippen LogP contribution in [0.15, 0.2) is 18.2 Å². The molecule has 0 radical (unpaired) electrons. The van der Waals surface area contributed by atoms with Crippen LogP contribution >= 0.6 is 41.0 Å². The van der Waals surface area contributed by atoms with Gasteiger partial charge in [0.05, 0.1) is 6.61 Å². The molecule has 1 aromatic carbocycles. The van der Waals surface area contributed by atoms with Crippen LogP contribution in [0.2, 0.25) is 5.02 Å². The van der Waals surface area contributed by atoms with Crippen LogP contribution in [0.1, 0.15) is 31.2 Å². The fourth-order valence-corrected chi connectivity index (χ4v) is 7.95. The van der Waals surface area contributed by atoms with E-state index in [-0.39, 0.29) is 6.04 Å². The van der Waals surface area contributed by atoms with Crippen molar-refractivity contribution >= 4 is 51.1 Å². The molecule has 0 spiro atoms. The van der Waals surface area contributed by atoms with E-state index < -0.39 is 6.72 Å². The van der Waals surface area contributed by atoms with Crippen molar-refractivity contribution in [2.45, 2.75) is 39.5 Å². The second kappa shape index (κ2) is 7.69. The first-order valence-electron chi connectivity index (χ1n) is 7.19. The zero-order chi connectivity index (χ0) is 16.3. The van der Waals surface area contributed by atoms with Crippen LogP contribution in [0.25, 0.3) is 10.1 Å². The summed E-state index contributed by atoms with van der Waals surface area (Å²) in [6, 6.07) is 6.05. The molecule has 1 aromatic heterocycles. The van der Waals surface area contributed by atoms with E-state index in [4.69, 9.17) is 16.1 Å². The van der Waals surface area contributed by atoms with Gasteiger partial charge in [0, 0.05) is 26.4 Å². The van der Waals surface area contributed by atoms with Gasteiger partial charge in [-0.3, -0.25) is 4.57 Å². The number of hydrogen-bond acceptors (Lipinski definition) is 4. The molecule has 122 valence electrons. The third-order valence-corrected chi connectivity index (χ3v) is 9.00. The van der Waals surface area contributed by atoms with Crippen molar-refractivity contribution in [2.75, 3.05) is 6.61 Å². The fraction of sp³-hybridized carbons (Fsp3) is 0.467. The second-order valence-corrected chi connectivity index (χ2v) is 11.1. The van der Waals surface area contributed by atoms with Gasteiger partial charge in [-0.05, 0) is 68.2 Å². The summed E-state index contributed by atoms with van der Waals surface area (Å²) in [7, 11) is 0. The summed E-state index contributed by atoms with van der Waals surface area (Å²) in [6.45, 7) is 5.46. The van der Waals surface area contributed by atoms with Crippen LogP contribution in [0.4, 0.5) is 0 Å². The van der Waals surface area contributed by atoms with Crippen molar-refractivity contribution in [3.8, 4) is 0 Å². The Kier molecular flexibility index (Phi) is 6.40. The first kappa shape index (κ1) is 18.3. The molecule has 22 heavy (non-hydrogen) atoms. The molecule has 0 aliphatic rings. The standard InChI is InChI=1S/C15H21ClNO2PS2/c1-5-19-20(18,17-10(2)3)21-9-15-11(4)13-8-12(16)6-7-14(13)22-15/h6-8,10H,5,9H2,1-4H3,(H,17,18)/t20-/m1/s1. The van der Waals surface area contributed by atoms with Crippen molar-refractivity contribution in [2.24, 2.45) is 0 Å². The lowest BCUT2D eigenvalue weighted by Crippen LogP contribution is -2.19. The van der Waals surface area contributed by atoms with Crippen LogP contribution < -0.4 is 5.09 Å². The highest BCUT2D eigenvalue weighted by Crippen LogP contribution is 2.58. The molecular weight excluding hydrogens is 357 g/mol. The van der Waals surface area contributed by atoms with Crippen LogP contribution in [0.3, 0.4) is 0 Å². The number of nitrogens with one attached hydrogen (secondary N) is 1. The van der Waals surface area contributed by atoms with Gasteiger partial charge in [-0.25, -0.2) is 5.09 Å². The van der Waals surface area contributed by atoms with Crippen LogP contribution in [0.5, 0.6) is 0 Å². The van der Waals surface area contributed by atoms with Gasteiger partial charge in [-0.1, -0.05) is 11.6 Å². The molecule has 0 saturated carbocycles. The van der Waals surface area contributed by atoms with E-state index in [1.807, 2.05) is 39.0 Å². The molecule has 0 fully saturated rings. The summed E-state index contributed by atoms with van der Waals surface area (Å²) in [5, 5.41) is 4.99. The lowest BCUT2D eigenvalue weighted by atomic mass is 10.1. The molecule has 0 saturated heterocycles. The zero-order valence-corrected chi connectivity index (χ0v) is 16.5. The Labute approximate surface area is 145 Å². The molecule has 0 unspecified atom stereocenters. The van der Waals surface area contributed by atoms with Gasteiger partial charge in [0.15, 0.2) is 0 Å². The maximum Gasteiger partial charge on any atom is 0.327 e. The molecule has 0 amide bonds. The second-order valence-electron chi connectivity index (χ2n) is 5.26. The maximum absolute atomic E-state index is 12.8. The number of fused-ring (bicyclic) bond motifs is 1. The van der Waals surface area contributed by atoms with Gasteiger partial charge in [0.25, 0.3) is 0 Å². The average Bonchev–Trinajstić information content (AvgIpc) is 2.73. The van der Waals surface area contributed by atoms with E-state index in [1.165, 1.54) is 31.9 Å². The highest BCUT2D eigenvalue weighted by molar-refractivity contribution is 8.55. The number of rotatable bonds is 7. The topological polar surface area (TPSA) is 38.3 Å². The van der Waals surface area contributed by atoms with E-state index >= 15 is 0 Å². The highest BCUT2D eigenvalue weighted by atomic mass is 35.5. The molecule has 0 aliphatic carbocycles. The van der Waals surface area contributed by atoms with Gasteiger partial charge >= 0.3 is 6.72 Å².